The highest BCUT2D eigenvalue weighted by Crippen LogP contribution is 2.55. The van der Waals surface area contributed by atoms with Gasteiger partial charge in [-0.05, 0) is 36.4 Å². The predicted molar refractivity (Wildman–Crippen MR) is 127 cm³/mol. The maximum absolute atomic E-state index is 6.13. The Labute approximate surface area is 178 Å². The van der Waals surface area contributed by atoms with E-state index in [2.05, 4.69) is 112 Å². The molecule has 0 aliphatic rings. The average molecular weight is 419 g/mol. The monoisotopic (exact) mass is 418 g/mol. The zero-order valence-corrected chi connectivity index (χ0v) is 18.7. The molecule has 0 bridgehead atoms. The van der Waals surface area contributed by atoms with Gasteiger partial charge in [0, 0.05) is 5.41 Å². The van der Waals surface area contributed by atoms with Crippen molar-refractivity contribution in [2.75, 3.05) is 0 Å². The standard InChI is InChI=1S/C25H24NOPS/c1-25(2,3)24-26-22(23(29)27-24)28(19-13-7-4-8-14-19,20-15-9-5-10-16-20)21-17-11-6-12-18-21/h4-18H,1-3H3/p+1. The number of hydrogen-bond acceptors (Lipinski definition) is 3. The van der Waals surface area contributed by atoms with Crippen molar-refractivity contribution < 1.29 is 4.42 Å². The van der Waals surface area contributed by atoms with Crippen molar-refractivity contribution in [2.24, 2.45) is 0 Å². The maximum atomic E-state index is 6.13. The van der Waals surface area contributed by atoms with E-state index in [1.54, 1.807) is 0 Å². The molecule has 2 nitrogen and oxygen atoms in total. The van der Waals surface area contributed by atoms with Crippen LogP contribution in [0.4, 0.5) is 0 Å². The molecule has 0 saturated carbocycles. The Morgan fingerprint density at radius 2 is 1.07 bits per heavy atom. The van der Waals surface area contributed by atoms with Gasteiger partial charge in [-0.3, -0.25) is 0 Å². The Bertz CT molecular complexity index is 989. The third-order valence-electron chi connectivity index (χ3n) is 4.98. The number of thiol groups is 1. The van der Waals surface area contributed by atoms with Crippen molar-refractivity contribution >= 4 is 41.2 Å². The molecule has 0 amide bonds. The molecule has 0 unspecified atom stereocenters. The van der Waals surface area contributed by atoms with Gasteiger partial charge in [-0.2, -0.15) is 4.98 Å². The van der Waals surface area contributed by atoms with E-state index in [1.165, 1.54) is 15.9 Å². The van der Waals surface area contributed by atoms with E-state index in [4.69, 9.17) is 22.0 Å². The number of rotatable bonds is 4. The highest BCUT2D eigenvalue weighted by molar-refractivity contribution is 8.02. The van der Waals surface area contributed by atoms with E-state index in [-0.39, 0.29) is 5.41 Å². The van der Waals surface area contributed by atoms with Crippen LogP contribution in [0.2, 0.25) is 0 Å². The molecule has 1 aromatic heterocycles. The normalized spacial score (nSPS) is 12.1. The topological polar surface area (TPSA) is 26.0 Å². The summed E-state index contributed by atoms with van der Waals surface area (Å²) in [7, 11) is -2.27. The minimum absolute atomic E-state index is 0.199. The SMILES string of the molecule is CC(C)(C)c1nc([P+](c2ccccc2)(c2ccccc2)c2ccccc2)c(S)o1. The summed E-state index contributed by atoms with van der Waals surface area (Å²) >= 11 is 4.79. The fraction of sp³-hybridized carbons (Fsp3) is 0.160. The smallest absolute Gasteiger partial charge is 0.250 e. The molecule has 0 radical (unpaired) electrons. The van der Waals surface area contributed by atoms with Crippen LogP contribution >= 0.6 is 19.9 Å². The summed E-state index contributed by atoms with van der Waals surface area (Å²) in [6.45, 7) is 6.34. The third-order valence-corrected chi connectivity index (χ3v) is 9.62. The summed E-state index contributed by atoms with van der Waals surface area (Å²) in [6, 6.07) is 31.9. The van der Waals surface area contributed by atoms with Gasteiger partial charge in [0.15, 0.2) is 7.26 Å². The molecule has 1 heterocycles. The van der Waals surface area contributed by atoms with Gasteiger partial charge < -0.3 is 4.42 Å². The number of aromatic nitrogens is 1. The maximum Gasteiger partial charge on any atom is 0.250 e. The molecule has 4 heteroatoms. The number of oxazole rings is 1. The molecule has 3 aromatic carbocycles. The fourth-order valence-electron chi connectivity index (χ4n) is 3.61. The first-order valence-electron chi connectivity index (χ1n) is 9.71. The van der Waals surface area contributed by atoms with Crippen LogP contribution < -0.4 is 21.3 Å². The lowest BCUT2D eigenvalue weighted by molar-refractivity contribution is 0.352. The predicted octanol–water partition coefficient (Wildman–Crippen LogP) is 4.88. The largest absolute Gasteiger partial charge is 0.430 e. The molecule has 29 heavy (non-hydrogen) atoms. The van der Waals surface area contributed by atoms with Crippen LogP contribution in [0.3, 0.4) is 0 Å². The summed E-state index contributed by atoms with van der Waals surface area (Å²) in [5.74, 6) is 0.713. The molecule has 0 fully saturated rings. The Kier molecular flexibility index (Phi) is 5.38. The quantitative estimate of drug-likeness (QED) is 0.378. The van der Waals surface area contributed by atoms with Crippen molar-refractivity contribution in [1.29, 1.82) is 0 Å². The minimum atomic E-state index is -2.27. The second-order valence-electron chi connectivity index (χ2n) is 8.08. The second kappa shape index (κ2) is 7.82. The molecule has 0 N–H and O–H groups in total. The number of nitrogens with zero attached hydrogens (tertiary/aromatic N) is 1. The van der Waals surface area contributed by atoms with Crippen LogP contribution in [0.25, 0.3) is 0 Å². The first-order valence-corrected chi connectivity index (χ1v) is 11.9. The lowest BCUT2D eigenvalue weighted by Crippen LogP contribution is -2.40. The third kappa shape index (κ3) is 3.54. The van der Waals surface area contributed by atoms with Gasteiger partial charge in [-0.25, -0.2) is 0 Å². The summed E-state index contributed by atoms with van der Waals surface area (Å²) in [6.07, 6.45) is 0. The lowest BCUT2D eigenvalue weighted by atomic mass is 9.97. The molecule has 0 aliphatic carbocycles. The van der Waals surface area contributed by atoms with Crippen molar-refractivity contribution in [3.8, 4) is 0 Å². The summed E-state index contributed by atoms with van der Waals surface area (Å²) in [4.78, 5) is 5.09. The highest BCUT2D eigenvalue weighted by Gasteiger charge is 2.52. The minimum Gasteiger partial charge on any atom is -0.430 e. The van der Waals surface area contributed by atoms with Crippen LogP contribution in [0.1, 0.15) is 26.7 Å². The van der Waals surface area contributed by atoms with E-state index in [0.29, 0.717) is 11.0 Å². The van der Waals surface area contributed by atoms with E-state index in [1.807, 2.05) is 0 Å². The zero-order chi connectivity index (χ0) is 20.5. The number of benzene rings is 3. The highest BCUT2D eigenvalue weighted by atomic mass is 32.1. The molecule has 146 valence electrons. The fourth-order valence-corrected chi connectivity index (χ4v) is 8.26. The molecule has 0 saturated heterocycles. The van der Waals surface area contributed by atoms with E-state index in [0.717, 1.165) is 5.44 Å². The van der Waals surface area contributed by atoms with Crippen LogP contribution in [0, 0.1) is 0 Å². The van der Waals surface area contributed by atoms with E-state index >= 15 is 0 Å². The van der Waals surface area contributed by atoms with Crippen molar-refractivity contribution in [3.05, 3.63) is 96.9 Å². The second-order valence-corrected chi connectivity index (χ2v) is 11.8. The van der Waals surface area contributed by atoms with Gasteiger partial charge in [-0.15, -0.1) is 0 Å². The number of hydrogen-bond donors (Lipinski definition) is 1. The van der Waals surface area contributed by atoms with Crippen LogP contribution in [0.15, 0.2) is 101 Å². The van der Waals surface area contributed by atoms with Gasteiger partial charge in [0.2, 0.25) is 11.0 Å². The summed E-state index contributed by atoms with van der Waals surface area (Å²) in [5, 5.41) is 4.31. The first-order chi connectivity index (χ1) is 13.9. The molecule has 4 rings (SSSR count). The molecule has 0 spiro atoms. The van der Waals surface area contributed by atoms with Gasteiger partial charge in [-0.1, -0.05) is 88.0 Å². The van der Waals surface area contributed by atoms with Crippen LogP contribution in [-0.2, 0) is 5.41 Å². The Morgan fingerprint density at radius 3 is 1.38 bits per heavy atom. The van der Waals surface area contributed by atoms with Crippen molar-refractivity contribution in [2.45, 2.75) is 31.3 Å². The van der Waals surface area contributed by atoms with Gasteiger partial charge in [0.05, 0.1) is 0 Å². The van der Waals surface area contributed by atoms with Crippen LogP contribution in [-0.4, -0.2) is 4.98 Å². The summed E-state index contributed by atoms with van der Waals surface area (Å²) < 4.78 is 6.13. The molecule has 4 aromatic rings. The van der Waals surface area contributed by atoms with Crippen molar-refractivity contribution in [1.82, 2.24) is 4.98 Å². The molecule has 0 atom stereocenters. The van der Waals surface area contributed by atoms with Crippen molar-refractivity contribution in [3.63, 3.8) is 0 Å². The van der Waals surface area contributed by atoms with Gasteiger partial charge in [0.25, 0.3) is 5.44 Å². The molecular formula is C25H25NOPS+. The van der Waals surface area contributed by atoms with E-state index in [9.17, 15) is 0 Å². The lowest BCUT2D eigenvalue weighted by Gasteiger charge is -2.25. The Morgan fingerprint density at radius 1 is 0.690 bits per heavy atom. The molecule has 0 aliphatic heterocycles. The zero-order valence-electron chi connectivity index (χ0n) is 16.9. The Hall–Kier alpha value is -2.35. The summed E-state index contributed by atoms with van der Waals surface area (Å²) in [5.41, 5.74) is 0.726. The van der Waals surface area contributed by atoms with Gasteiger partial charge >= 0.3 is 0 Å². The van der Waals surface area contributed by atoms with Gasteiger partial charge in [0.1, 0.15) is 15.9 Å². The Balaban J connectivity index is 2.14. The average Bonchev–Trinajstić information content (AvgIpc) is 3.14. The van der Waals surface area contributed by atoms with Crippen LogP contribution in [0.5, 0.6) is 0 Å². The van der Waals surface area contributed by atoms with E-state index < -0.39 is 7.26 Å². The first kappa shape index (κ1) is 19.9. The molecular weight excluding hydrogens is 393 g/mol.